The van der Waals surface area contributed by atoms with E-state index in [-0.39, 0.29) is 31.1 Å². The first kappa shape index (κ1) is 65.1. The minimum absolute atomic E-state index is 0.0839. The Bertz CT molecular complexity index is 1230. The second-order valence-corrected chi connectivity index (χ2v) is 19.5. The molecule has 0 bridgehead atoms. The predicted octanol–water partition coefficient (Wildman–Crippen LogP) is 19.6. The molecule has 0 fully saturated rings. The Morgan fingerprint density at radius 1 is 0.309 bits per heavy atom. The standard InChI is InChI=1S/C62H110O6/c1-4-7-10-13-16-19-22-25-28-29-30-31-32-33-35-37-40-43-46-49-52-55-61(64)67-58-59(57-66-60(63)54-51-48-45-42-39-36-27-24-21-18-15-12-9-6-3)68-62(65)56-53-50-47-44-41-38-34-26-23-20-17-14-11-8-5-2/h8,11,17,20,24,26-27,29-30,34,59H,4-7,9-10,12-16,18-19,21-23,25,28,31-33,35-58H2,1-3H3/b11-8-,20-17-,27-24-,30-29-,34-26-. The first-order valence-electron chi connectivity index (χ1n) is 29.3. The summed E-state index contributed by atoms with van der Waals surface area (Å²) in [4.78, 5) is 38.1. The molecule has 1 unspecified atom stereocenters. The van der Waals surface area contributed by atoms with Gasteiger partial charge in [-0.05, 0) is 103 Å². The maximum atomic E-state index is 12.8. The minimum atomic E-state index is -0.787. The van der Waals surface area contributed by atoms with E-state index in [9.17, 15) is 14.4 Å². The molecule has 6 heteroatoms. The van der Waals surface area contributed by atoms with Gasteiger partial charge in [-0.25, -0.2) is 0 Å². The molecule has 0 aliphatic heterocycles. The molecule has 1 atom stereocenters. The van der Waals surface area contributed by atoms with Crippen LogP contribution in [0.4, 0.5) is 0 Å². The monoisotopic (exact) mass is 951 g/mol. The molecule has 0 aliphatic rings. The number of esters is 3. The third kappa shape index (κ3) is 54.1. The van der Waals surface area contributed by atoms with Crippen LogP contribution < -0.4 is 0 Å². The van der Waals surface area contributed by atoms with Crippen molar-refractivity contribution in [3.8, 4) is 0 Å². The fourth-order valence-corrected chi connectivity index (χ4v) is 8.33. The van der Waals surface area contributed by atoms with Crippen LogP contribution in [0.1, 0.15) is 297 Å². The predicted molar refractivity (Wildman–Crippen MR) is 293 cm³/mol. The number of ether oxygens (including phenoxy) is 3. The summed E-state index contributed by atoms with van der Waals surface area (Å²) in [6.45, 7) is 6.52. The van der Waals surface area contributed by atoms with Crippen molar-refractivity contribution >= 4 is 17.9 Å². The molecule has 0 aromatic carbocycles. The summed E-state index contributed by atoms with van der Waals surface area (Å²) in [6.07, 6.45) is 70.7. The Kier molecular flexibility index (Phi) is 54.3. The van der Waals surface area contributed by atoms with Crippen molar-refractivity contribution in [3.63, 3.8) is 0 Å². The van der Waals surface area contributed by atoms with E-state index in [1.807, 2.05) is 0 Å². The van der Waals surface area contributed by atoms with Crippen LogP contribution in [0, 0.1) is 0 Å². The van der Waals surface area contributed by atoms with E-state index in [1.54, 1.807) is 0 Å². The molecule has 0 rings (SSSR count). The fourth-order valence-electron chi connectivity index (χ4n) is 8.33. The van der Waals surface area contributed by atoms with E-state index in [2.05, 4.69) is 81.5 Å². The molecule has 0 radical (unpaired) electrons. The van der Waals surface area contributed by atoms with Gasteiger partial charge in [0.2, 0.25) is 0 Å². The van der Waals surface area contributed by atoms with Gasteiger partial charge >= 0.3 is 17.9 Å². The lowest BCUT2D eigenvalue weighted by molar-refractivity contribution is -0.167. The zero-order valence-corrected chi connectivity index (χ0v) is 45.1. The Hall–Kier alpha value is -2.89. The van der Waals surface area contributed by atoms with E-state index >= 15 is 0 Å². The number of rotatable bonds is 53. The van der Waals surface area contributed by atoms with E-state index < -0.39 is 6.10 Å². The molecule has 0 N–H and O–H groups in total. The zero-order valence-electron chi connectivity index (χ0n) is 45.1. The van der Waals surface area contributed by atoms with E-state index in [1.165, 1.54) is 154 Å². The summed E-state index contributed by atoms with van der Waals surface area (Å²) in [6, 6.07) is 0. The van der Waals surface area contributed by atoms with Gasteiger partial charge in [-0.2, -0.15) is 0 Å². The van der Waals surface area contributed by atoms with Gasteiger partial charge in [-0.3, -0.25) is 14.4 Å². The number of carbonyl (C=O) groups excluding carboxylic acids is 3. The van der Waals surface area contributed by atoms with Crippen molar-refractivity contribution in [2.75, 3.05) is 13.2 Å². The van der Waals surface area contributed by atoms with Crippen LogP contribution in [-0.2, 0) is 28.6 Å². The second-order valence-electron chi connectivity index (χ2n) is 19.5. The van der Waals surface area contributed by atoms with Crippen LogP contribution in [-0.4, -0.2) is 37.2 Å². The van der Waals surface area contributed by atoms with Gasteiger partial charge in [-0.15, -0.1) is 0 Å². The van der Waals surface area contributed by atoms with Gasteiger partial charge in [0.1, 0.15) is 13.2 Å². The maximum Gasteiger partial charge on any atom is 0.306 e. The number of carbonyl (C=O) groups is 3. The van der Waals surface area contributed by atoms with Gasteiger partial charge in [0.05, 0.1) is 0 Å². The largest absolute Gasteiger partial charge is 0.462 e. The van der Waals surface area contributed by atoms with Crippen molar-refractivity contribution in [2.24, 2.45) is 0 Å². The highest BCUT2D eigenvalue weighted by atomic mass is 16.6. The molecule has 0 heterocycles. The summed E-state index contributed by atoms with van der Waals surface area (Å²) >= 11 is 0. The number of hydrogen-bond acceptors (Lipinski definition) is 6. The highest BCUT2D eigenvalue weighted by Gasteiger charge is 2.19. The Balaban J connectivity index is 4.35. The molecular formula is C62H110O6. The van der Waals surface area contributed by atoms with Gasteiger partial charge in [0, 0.05) is 19.3 Å². The molecule has 0 saturated carbocycles. The molecule has 68 heavy (non-hydrogen) atoms. The zero-order chi connectivity index (χ0) is 49.3. The van der Waals surface area contributed by atoms with Crippen LogP contribution in [0.15, 0.2) is 60.8 Å². The van der Waals surface area contributed by atoms with Gasteiger partial charge < -0.3 is 14.2 Å². The highest BCUT2D eigenvalue weighted by molar-refractivity contribution is 5.71. The van der Waals surface area contributed by atoms with Crippen molar-refractivity contribution in [1.29, 1.82) is 0 Å². The molecule has 0 spiro atoms. The van der Waals surface area contributed by atoms with Crippen LogP contribution in [0.25, 0.3) is 0 Å². The molecule has 6 nitrogen and oxygen atoms in total. The van der Waals surface area contributed by atoms with Crippen LogP contribution >= 0.6 is 0 Å². The molecule has 394 valence electrons. The molecule has 0 aromatic rings. The second kappa shape index (κ2) is 56.7. The molecule has 0 aliphatic carbocycles. The summed E-state index contributed by atoms with van der Waals surface area (Å²) in [5.41, 5.74) is 0. The summed E-state index contributed by atoms with van der Waals surface area (Å²) in [5.74, 6) is -0.901. The lowest BCUT2D eigenvalue weighted by Crippen LogP contribution is -2.30. The normalized spacial score (nSPS) is 12.5. The fraction of sp³-hybridized carbons (Fsp3) is 0.790. The van der Waals surface area contributed by atoms with Crippen LogP contribution in [0.5, 0.6) is 0 Å². The van der Waals surface area contributed by atoms with Crippen LogP contribution in [0.3, 0.4) is 0 Å². The Morgan fingerprint density at radius 3 is 0.912 bits per heavy atom. The lowest BCUT2D eigenvalue weighted by atomic mass is 10.1. The van der Waals surface area contributed by atoms with Crippen molar-refractivity contribution in [1.82, 2.24) is 0 Å². The summed E-state index contributed by atoms with van der Waals surface area (Å²) in [5, 5.41) is 0. The topological polar surface area (TPSA) is 78.9 Å². The lowest BCUT2D eigenvalue weighted by Gasteiger charge is -2.18. The first-order valence-corrected chi connectivity index (χ1v) is 29.3. The number of allylic oxidation sites excluding steroid dienone is 10. The third-order valence-corrected chi connectivity index (χ3v) is 12.7. The van der Waals surface area contributed by atoms with Gasteiger partial charge in [-0.1, -0.05) is 236 Å². The van der Waals surface area contributed by atoms with Crippen molar-refractivity contribution in [2.45, 2.75) is 303 Å². The van der Waals surface area contributed by atoms with Crippen molar-refractivity contribution in [3.05, 3.63) is 60.8 Å². The number of unbranched alkanes of at least 4 members (excludes halogenated alkanes) is 32. The van der Waals surface area contributed by atoms with Crippen LogP contribution in [0.2, 0.25) is 0 Å². The molecule has 0 saturated heterocycles. The smallest absolute Gasteiger partial charge is 0.306 e. The minimum Gasteiger partial charge on any atom is -0.462 e. The van der Waals surface area contributed by atoms with Gasteiger partial charge in [0.25, 0.3) is 0 Å². The first-order chi connectivity index (χ1) is 33.5. The SMILES string of the molecule is CC/C=C\C/C=C\C/C=C\CCCCCCCC(=O)OC(COC(=O)CCCCCCC/C=C\CCCCCCC)COC(=O)CCCCCCCCCCC/C=C\CCCCCCCCCC. The van der Waals surface area contributed by atoms with E-state index in [4.69, 9.17) is 14.2 Å². The van der Waals surface area contributed by atoms with Gasteiger partial charge in [0.15, 0.2) is 6.10 Å². The Labute approximate surface area is 421 Å². The molecular weight excluding hydrogens is 841 g/mol. The maximum absolute atomic E-state index is 12.8. The average Bonchev–Trinajstić information content (AvgIpc) is 3.34. The molecule has 0 amide bonds. The quantitative estimate of drug-likeness (QED) is 0.0262. The van der Waals surface area contributed by atoms with Crippen molar-refractivity contribution < 1.29 is 28.6 Å². The highest BCUT2D eigenvalue weighted by Crippen LogP contribution is 2.15. The molecule has 0 aromatic heterocycles. The Morgan fingerprint density at radius 2 is 0.574 bits per heavy atom. The van der Waals surface area contributed by atoms with E-state index in [0.717, 1.165) is 103 Å². The number of hydrogen-bond donors (Lipinski definition) is 0. The average molecular weight is 952 g/mol. The summed E-state index contributed by atoms with van der Waals surface area (Å²) < 4.78 is 16.9. The third-order valence-electron chi connectivity index (χ3n) is 12.7. The summed E-state index contributed by atoms with van der Waals surface area (Å²) in [7, 11) is 0. The van der Waals surface area contributed by atoms with E-state index in [0.29, 0.717) is 19.3 Å².